The molecule has 0 radical (unpaired) electrons. The molecule has 0 saturated carbocycles. The van der Waals surface area contributed by atoms with Crippen LogP contribution in [-0.4, -0.2) is 22.6 Å². The van der Waals surface area contributed by atoms with Gasteiger partial charge in [0.25, 0.3) is 11.2 Å². The van der Waals surface area contributed by atoms with Crippen molar-refractivity contribution in [2.45, 2.75) is 13.0 Å². The molecule has 0 aliphatic carbocycles. The van der Waals surface area contributed by atoms with Crippen molar-refractivity contribution in [2.24, 2.45) is 4.99 Å². The number of carbonyl (C=O) groups is 1. The van der Waals surface area contributed by atoms with Gasteiger partial charge < -0.3 is 4.74 Å². The van der Waals surface area contributed by atoms with Crippen LogP contribution >= 0.6 is 11.3 Å². The number of benzene rings is 2. The van der Waals surface area contributed by atoms with E-state index in [1.54, 1.807) is 13.0 Å². The SMILES string of the molecule is COC(=O)C1=C(C)N=c2sc(=Cc3cccc([N+](=O)[O-])c3)c(=O)n2C1c1ccc(F)cc1. The molecule has 0 fully saturated rings. The summed E-state index contributed by atoms with van der Waals surface area (Å²) in [5, 5.41) is 11.1. The molecule has 0 saturated heterocycles. The summed E-state index contributed by atoms with van der Waals surface area (Å²) in [6.07, 6.45) is 1.54. The Labute approximate surface area is 184 Å². The van der Waals surface area contributed by atoms with Crippen LogP contribution in [0.25, 0.3) is 6.08 Å². The number of rotatable bonds is 4. The molecule has 4 rings (SSSR count). The zero-order valence-electron chi connectivity index (χ0n) is 16.9. The minimum atomic E-state index is -0.855. The van der Waals surface area contributed by atoms with Gasteiger partial charge in [-0.15, -0.1) is 0 Å². The highest BCUT2D eigenvalue weighted by Gasteiger charge is 2.33. The van der Waals surface area contributed by atoms with E-state index in [1.165, 1.54) is 60.2 Å². The quantitative estimate of drug-likeness (QED) is 0.343. The number of nitrogens with zero attached hydrogens (tertiary/aromatic N) is 3. The number of nitro groups is 1. The van der Waals surface area contributed by atoms with Gasteiger partial charge in [0, 0.05) is 12.1 Å². The van der Waals surface area contributed by atoms with E-state index in [1.807, 2.05) is 0 Å². The van der Waals surface area contributed by atoms with Gasteiger partial charge in [-0.05, 0) is 36.3 Å². The molecule has 10 heteroatoms. The molecule has 0 N–H and O–H groups in total. The third-order valence-corrected chi connectivity index (χ3v) is 5.97. The maximum Gasteiger partial charge on any atom is 0.338 e. The lowest BCUT2D eigenvalue weighted by Crippen LogP contribution is -2.39. The summed E-state index contributed by atoms with van der Waals surface area (Å²) in [4.78, 5) is 41.2. The molecular formula is C22H16FN3O5S. The second kappa shape index (κ2) is 8.31. The average molecular weight is 453 g/mol. The predicted octanol–water partition coefficient (Wildman–Crippen LogP) is 2.46. The Hall–Kier alpha value is -3.92. The van der Waals surface area contributed by atoms with Crippen LogP contribution in [-0.2, 0) is 9.53 Å². The van der Waals surface area contributed by atoms with Crippen molar-refractivity contribution in [2.75, 3.05) is 7.11 Å². The van der Waals surface area contributed by atoms with E-state index in [9.17, 15) is 24.1 Å². The highest BCUT2D eigenvalue weighted by molar-refractivity contribution is 7.07. The molecular weight excluding hydrogens is 437 g/mol. The molecule has 1 aromatic heterocycles. The van der Waals surface area contributed by atoms with E-state index >= 15 is 0 Å². The summed E-state index contributed by atoms with van der Waals surface area (Å²) < 4.78 is 20.1. The Morgan fingerprint density at radius 1 is 1.28 bits per heavy atom. The number of nitro benzene ring substituents is 1. The topological polar surface area (TPSA) is 104 Å². The highest BCUT2D eigenvalue weighted by Crippen LogP contribution is 2.30. The minimum Gasteiger partial charge on any atom is -0.466 e. The first-order chi connectivity index (χ1) is 15.3. The molecule has 0 spiro atoms. The van der Waals surface area contributed by atoms with E-state index < -0.39 is 28.3 Å². The molecule has 0 bridgehead atoms. The Morgan fingerprint density at radius 3 is 2.66 bits per heavy atom. The first-order valence-electron chi connectivity index (χ1n) is 9.41. The van der Waals surface area contributed by atoms with Gasteiger partial charge in [-0.2, -0.15) is 0 Å². The maximum atomic E-state index is 13.5. The minimum absolute atomic E-state index is 0.0977. The molecule has 8 nitrogen and oxygen atoms in total. The molecule has 2 heterocycles. The van der Waals surface area contributed by atoms with Gasteiger partial charge >= 0.3 is 5.97 Å². The van der Waals surface area contributed by atoms with Crippen molar-refractivity contribution in [3.05, 3.63) is 107 Å². The van der Waals surface area contributed by atoms with Crippen LogP contribution in [0.5, 0.6) is 0 Å². The van der Waals surface area contributed by atoms with Crippen molar-refractivity contribution in [1.82, 2.24) is 4.57 Å². The van der Waals surface area contributed by atoms with Crippen LogP contribution in [0.3, 0.4) is 0 Å². The Balaban J connectivity index is 1.95. The number of non-ortho nitro benzene ring substituents is 1. The molecule has 0 amide bonds. The zero-order chi connectivity index (χ0) is 23.0. The first kappa shape index (κ1) is 21.3. The number of ether oxygens (including phenoxy) is 1. The van der Waals surface area contributed by atoms with Crippen LogP contribution < -0.4 is 14.9 Å². The number of hydrogen-bond donors (Lipinski definition) is 0. The normalized spacial score (nSPS) is 15.8. The number of fused-ring (bicyclic) bond motifs is 1. The average Bonchev–Trinajstić information content (AvgIpc) is 3.07. The summed E-state index contributed by atoms with van der Waals surface area (Å²) >= 11 is 1.10. The van der Waals surface area contributed by atoms with Crippen LogP contribution in [0, 0.1) is 15.9 Å². The highest BCUT2D eigenvalue weighted by atomic mass is 32.1. The third-order valence-electron chi connectivity index (χ3n) is 4.99. The van der Waals surface area contributed by atoms with Crippen LogP contribution in [0.15, 0.2) is 69.6 Å². The van der Waals surface area contributed by atoms with Gasteiger partial charge in [-0.3, -0.25) is 19.5 Å². The van der Waals surface area contributed by atoms with E-state index in [2.05, 4.69) is 4.99 Å². The number of esters is 1. The largest absolute Gasteiger partial charge is 0.466 e. The lowest BCUT2D eigenvalue weighted by atomic mass is 9.96. The number of thiazole rings is 1. The third kappa shape index (κ3) is 3.76. The maximum absolute atomic E-state index is 13.5. The predicted molar refractivity (Wildman–Crippen MR) is 115 cm³/mol. The number of carbonyl (C=O) groups excluding carboxylic acids is 1. The molecule has 3 aromatic rings. The fraction of sp³-hybridized carbons (Fsp3) is 0.136. The van der Waals surface area contributed by atoms with Crippen LogP contribution in [0.4, 0.5) is 10.1 Å². The molecule has 162 valence electrons. The first-order valence-corrected chi connectivity index (χ1v) is 10.2. The standard InChI is InChI=1S/C22H16FN3O5S/c1-12-18(21(28)31-2)19(14-6-8-15(23)9-7-14)25-20(27)17(32-22(25)24-12)11-13-4-3-5-16(10-13)26(29)30/h3-11,19H,1-2H3. The van der Waals surface area contributed by atoms with Gasteiger partial charge in [-0.25, -0.2) is 14.2 Å². The summed E-state index contributed by atoms with van der Waals surface area (Å²) in [5.41, 5.74) is 1.03. The molecule has 32 heavy (non-hydrogen) atoms. The molecule has 1 aliphatic heterocycles. The molecule has 2 aromatic carbocycles. The molecule has 1 aliphatic rings. The van der Waals surface area contributed by atoms with Crippen molar-refractivity contribution in [3.8, 4) is 0 Å². The fourth-order valence-electron chi connectivity index (χ4n) is 3.53. The summed E-state index contributed by atoms with van der Waals surface area (Å²) in [7, 11) is 1.23. The second-order valence-corrected chi connectivity index (χ2v) is 7.99. The van der Waals surface area contributed by atoms with E-state index in [0.717, 1.165) is 11.3 Å². The fourth-order valence-corrected chi connectivity index (χ4v) is 4.58. The Morgan fingerprint density at radius 2 is 2.00 bits per heavy atom. The number of hydrogen-bond acceptors (Lipinski definition) is 7. The second-order valence-electron chi connectivity index (χ2n) is 6.98. The van der Waals surface area contributed by atoms with Gasteiger partial charge in [0.05, 0.1) is 33.9 Å². The Kier molecular flexibility index (Phi) is 5.54. The van der Waals surface area contributed by atoms with Crippen molar-refractivity contribution in [1.29, 1.82) is 0 Å². The smallest absolute Gasteiger partial charge is 0.338 e. The van der Waals surface area contributed by atoms with E-state index in [0.29, 0.717) is 21.6 Å². The van der Waals surface area contributed by atoms with Crippen LogP contribution in [0.1, 0.15) is 24.1 Å². The summed E-state index contributed by atoms with van der Waals surface area (Å²) in [6, 6.07) is 10.5. The molecule has 1 atom stereocenters. The van der Waals surface area contributed by atoms with Gasteiger partial charge in [-0.1, -0.05) is 35.6 Å². The number of methoxy groups -OCH3 is 1. The lowest BCUT2D eigenvalue weighted by Gasteiger charge is -2.24. The number of halogens is 1. The van der Waals surface area contributed by atoms with Crippen molar-refractivity contribution < 1.29 is 18.8 Å². The lowest BCUT2D eigenvalue weighted by molar-refractivity contribution is -0.384. The molecule has 1 unspecified atom stereocenters. The number of aromatic nitrogens is 1. The van der Waals surface area contributed by atoms with Gasteiger partial charge in [0.1, 0.15) is 5.82 Å². The van der Waals surface area contributed by atoms with Crippen molar-refractivity contribution in [3.63, 3.8) is 0 Å². The van der Waals surface area contributed by atoms with Gasteiger partial charge in [0.2, 0.25) is 0 Å². The van der Waals surface area contributed by atoms with Gasteiger partial charge in [0.15, 0.2) is 4.80 Å². The Bertz CT molecular complexity index is 1450. The summed E-state index contributed by atoms with van der Waals surface area (Å²) in [6.45, 7) is 1.64. The van der Waals surface area contributed by atoms with E-state index in [4.69, 9.17) is 4.74 Å². The van der Waals surface area contributed by atoms with E-state index in [-0.39, 0.29) is 15.8 Å². The van der Waals surface area contributed by atoms with Crippen molar-refractivity contribution >= 4 is 29.1 Å². The van der Waals surface area contributed by atoms with Crippen LogP contribution in [0.2, 0.25) is 0 Å². The zero-order valence-corrected chi connectivity index (χ0v) is 17.8. The summed E-state index contributed by atoms with van der Waals surface area (Å²) in [5.74, 6) is -1.10. The monoisotopic (exact) mass is 453 g/mol. The number of allylic oxidation sites excluding steroid dienone is 1.